The van der Waals surface area contributed by atoms with E-state index in [2.05, 4.69) is 15.5 Å². The van der Waals surface area contributed by atoms with Gasteiger partial charge in [-0.1, -0.05) is 0 Å². The molecule has 1 aliphatic carbocycles. The minimum atomic E-state index is -0.0873. The zero-order valence-corrected chi connectivity index (χ0v) is 12.2. The van der Waals surface area contributed by atoms with Crippen LogP contribution in [0.4, 0.5) is 0 Å². The summed E-state index contributed by atoms with van der Waals surface area (Å²) in [5.41, 5.74) is 0.580. The molecule has 2 aliphatic rings. The van der Waals surface area contributed by atoms with E-state index >= 15 is 0 Å². The summed E-state index contributed by atoms with van der Waals surface area (Å²) in [5.74, 6) is -0.0873. The Morgan fingerprint density at radius 3 is 2.95 bits per heavy atom. The molecule has 1 amide bonds. The summed E-state index contributed by atoms with van der Waals surface area (Å²) in [6.45, 7) is 4.21. The highest BCUT2D eigenvalue weighted by Gasteiger charge is 2.56. The number of ether oxygens (including phenoxy) is 2. The lowest BCUT2D eigenvalue weighted by Crippen LogP contribution is -2.66. The van der Waals surface area contributed by atoms with E-state index < -0.39 is 0 Å². The lowest BCUT2D eigenvalue weighted by molar-refractivity contribution is -0.170. The molecule has 1 N–H and O–H groups in total. The number of aromatic nitrogens is 2. The Hall–Kier alpha value is -1.53. The van der Waals surface area contributed by atoms with Gasteiger partial charge >= 0.3 is 0 Å². The van der Waals surface area contributed by atoms with Crippen LogP contribution in [0.5, 0.6) is 0 Å². The van der Waals surface area contributed by atoms with Crippen LogP contribution in [0, 0.1) is 5.41 Å². The highest BCUT2D eigenvalue weighted by atomic mass is 16.5. The molecule has 2 fully saturated rings. The molecule has 6 nitrogen and oxygen atoms in total. The molecule has 21 heavy (non-hydrogen) atoms. The Bertz CT molecular complexity index is 488. The third-order valence-corrected chi connectivity index (χ3v) is 4.73. The zero-order valence-electron chi connectivity index (χ0n) is 12.2. The minimum absolute atomic E-state index is 0.0321. The number of amides is 1. The van der Waals surface area contributed by atoms with Crippen molar-refractivity contribution >= 4 is 5.91 Å². The summed E-state index contributed by atoms with van der Waals surface area (Å²) < 4.78 is 11.3. The van der Waals surface area contributed by atoms with Crippen molar-refractivity contribution in [2.75, 3.05) is 19.8 Å². The van der Waals surface area contributed by atoms with Gasteiger partial charge in [-0.3, -0.25) is 4.79 Å². The van der Waals surface area contributed by atoms with Gasteiger partial charge in [0.25, 0.3) is 5.91 Å². The molecule has 3 rings (SSSR count). The second-order valence-electron chi connectivity index (χ2n) is 5.68. The highest BCUT2D eigenvalue weighted by Crippen LogP contribution is 2.50. The molecule has 1 saturated carbocycles. The van der Waals surface area contributed by atoms with Gasteiger partial charge in [-0.25, -0.2) is 0 Å². The predicted octanol–water partition coefficient (Wildman–Crippen LogP) is 1.18. The molecule has 6 heteroatoms. The standard InChI is InChI=1S/C15H21N3O3/c1-2-21-13-9-12(15(13)4-7-20-8-5-15)18-14(19)11-3-6-16-17-10-11/h3,6,10,12-13H,2,4-5,7-9H2,1H3,(H,18,19). The number of carbonyl (C=O) groups is 1. The first-order valence-electron chi connectivity index (χ1n) is 7.53. The van der Waals surface area contributed by atoms with Crippen molar-refractivity contribution < 1.29 is 14.3 Å². The maximum absolute atomic E-state index is 12.3. The molecule has 2 heterocycles. The summed E-state index contributed by atoms with van der Waals surface area (Å²) in [4.78, 5) is 12.3. The Balaban J connectivity index is 1.69. The first kappa shape index (κ1) is 14.4. The monoisotopic (exact) mass is 291 g/mol. The Labute approximate surface area is 124 Å². The average Bonchev–Trinajstić information content (AvgIpc) is 2.55. The summed E-state index contributed by atoms with van der Waals surface area (Å²) in [6.07, 6.45) is 6.01. The summed E-state index contributed by atoms with van der Waals surface area (Å²) >= 11 is 0. The quantitative estimate of drug-likeness (QED) is 0.902. The third kappa shape index (κ3) is 2.65. The predicted molar refractivity (Wildman–Crippen MR) is 75.8 cm³/mol. The molecule has 1 spiro atoms. The van der Waals surface area contributed by atoms with E-state index in [-0.39, 0.29) is 23.5 Å². The van der Waals surface area contributed by atoms with Gasteiger partial charge in [0.2, 0.25) is 0 Å². The molecule has 1 aromatic heterocycles. The van der Waals surface area contributed by atoms with E-state index in [1.165, 1.54) is 12.4 Å². The molecular weight excluding hydrogens is 270 g/mol. The molecule has 0 radical (unpaired) electrons. The van der Waals surface area contributed by atoms with Gasteiger partial charge in [-0.2, -0.15) is 10.2 Å². The number of nitrogens with zero attached hydrogens (tertiary/aromatic N) is 2. The molecule has 2 unspecified atom stereocenters. The van der Waals surface area contributed by atoms with Crippen LogP contribution in [-0.2, 0) is 9.47 Å². The largest absolute Gasteiger partial charge is 0.381 e. The number of rotatable bonds is 4. The molecular formula is C15H21N3O3. The van der Waals surface area contributed by atoms with Gasteiger partial charge in [0.1, 0.15) is 0 Å². The maximum Gasteiger partial charge on any atom is 0.253 e. The van der Waals surface area contributed by atoms with Crippen LogP contribution in [-0.4, -0.2) is 48.1 Å². The van der Waals surface area contributed by atoms with Crippen LogP contribution in [0.2, 0.25) is 0 Å². The average molecular weight is 291 g/mol. The summed E-state index contributed by atoms with van der Waals surface area (Å²) in [7, 11) is 0. The van der Waals surface area contributed by atoms with E-state index in [9.17, 15) is 4.79 Å². The van der Waals surface area contributed by atoms with Gasteiger partial charge in [0.15, 0.2) is 0 Å². The van der Waals surface area contributed by atoms with Crippen LogP contribution >= 0.6 is 0 Å². The molecule has 0 bridgehead atoms. The summed E-state index contributed by atoms with van der Waals surface area (Å²) in [5, 5.41) is 10.6. The zero-order chi connectivity index (χ0) is 14.7. The lowest BCUT2D eigenvalue weighted by atomic mass is 9.57. The molecule has 1 aromatic rings. The van der Waals surface area contributed by atoms with Crippen molar-refractivity contribution in [3.05, 3.63) is 24.0 Å². The van der Waals surface area contributed by atoms with Crippen LogP contribution in [0.1, 0.15) is 36.5 Å². The Morgan fingerprint density at radius 1 is 1.48 bits per heavy atom. The van der Waals surface area contributed by atoms with E-state index in [4.69, 9.17) is 9.47 Å². The SMILES string of the molecule is CCOC1CC(NC(=O)c2ccnnc2)C12CCOCC2. The number of hydrogen-bond donors (Lipinski definition) is 1. The fraction of sp³-hybridized carbons (Fsp3) is 0.667. The third-order valence-electron chi connectivity index (χ3n) is 4.73. The lowest BCUT2D eigenvalue weighted by Gasteiger charge is -2.57. The van der Waals surface area contributed by atoms with Crippen LogP contribution in [0.3, 0.4) is 0 Å². The Morgan fingerprint density at radius 2 is 2.29 bits per heavy atom. The first-order chi connectivity index (χ1) is 10.3. The second-order valence-corrected chi connectivity index (χ2v) is 5.68. The topological polar surface area (TPSA) is 73.3 Å². The molecule has 114 valence electrons. The van der Waals surface area contributed by atoms with Gasteiger partial charge < -0.3 is 14.8 Å². The molecule has 0 aromatic carbocycles. The van der Waals surface area contributed by atoms with Gasteiger partial charge in [-0.15, -0.1) is 0 Å². The van der Waals surface area contributed by atoms with E-state index in [1.54, 1.807) is 6.07 Å². The number of hydrogen-bond acceptors (Lipinski definition) is 5. The van der Waals surface area contributed by atoms with Gasteiger partial charge in [0, 0.05) is 31.3 Å². The van der Waals surface area contributed by atoms with Crippen molar-refractivity contribution in [2.24, 2.45) is 5.41 Å². The smallest absolute Gasteiger partial charge is 0.253 e. The Kier molecular flexibility index (Phi) is 4.17. The van der Waals surface area contributed by atoms with E-state index in [1.807, 2.05) is 6.92 Å². The van der Waals surface area contributed by atoms with E-state index in [0.29, 0.717) is 12.2 Å². The normalized spacial score (nSPS) is 27.1. The fourth-order valence-electron chi connectivity index (χ4n) is 3.47. The van der Waals surface area contributed by atoms with E-state index in [0.717, 1.165) is 32.5 Å². The molecule has 1 saturated heterocycles. The summed E-state index contributed by atoms with van der Waals surface area (Å²) in [6, 6.07) is 1.83. The van der Waals surface area contributed by atoms with Crippen molar-refractivity contribution in [1.82, 2.24) is 15.5 Å². The first-order valence-corrected chi connectivity index (χ1v) is 7.53. The van der Waals surface area contributed by atoms with Crippen molar-refractivity contribution in [3.63, 3.8) is 0 Å². The fourth-order valence-corrected chi connectivity index (χ4v) is 3.47. The van der Waals surface area contributed by atoms with Crippen LogP contribution in [0.15, 0.2) is 18.5 Å². The molecule has 2 atom stereocenters. The minimum Gasteiger partial charge on any atom is -0.381 e. The van der Waals surface area contributed by atoms with Crippen LogP contribution < -0.4 is 5.32 Å². The maximum atomic E-state index is 12.3. The van der Waals surface area contributed by atoms with Crippen molar-refractivity contribution in [2.45, 2.75) is 38.3 Å². The number of carbonyl (C=O) groups excluding carboxylic acids is 1. The van der Waals surface area contributed by atoms with Gasteiger partial charge in [-0.05, 0) is 32.3 Å². The number of nitrogens with one attached hydrogen (secondary N) is 1. The van der Waals surface area contributed by atoms with Crippen molar-refractivity contribution in [1.29, 1.82) is 0 Å². The molecule has 1 aliphatic heterocycles. The van der Waals surface area contributed by atoms with Crippen molar-refractivity contribution in [3.8, 4) is 0 Å². The van der Waals surface area contributed by atoms with Gasteiger partial charge in [0.05, 0.1) is 24.1 Å². The van der Waals surface area contributed by atoms with Crippen LogP contribution in [0.25, 0.3) is 0 Å². The highest BCUT2D eigenvalue weighted by molar-refractivity contribution is 5.94. The second kappa shape index (κ2) is 6.07.